The molecule has 0 bridgehead atoms. The van der Waals surface area contributed by atoms with E-state index < -0.39 is 29.2 Å². The van der Waals surface area contributed by atoms with Gasteiger partial charge in [0.15, 0.2) is 5.60 Å². The maximum absolute atomic E-state index is 12.7. The summed E-state index contributed by atoms with van der Waals surface area (Å²) < 4.78 is 42.7. The summed E-state index contributed by atoms with van der Waals surface area (Å²) in [6.45, 7) is 4.38. The Morgan fingerprint density at radius 3 is 2.50 bits per heavy atom. The largest absolute Gasteiger partial charge is 0.464 e. The molecule has 2 unspecified atom stereocenters. The number of benzene rings is 1. The van der Waals surface area contributed by atoms with Crippen molar-refractivity contribution in [3.05, 3.63) is 35.4 Å². The highest BCUT2D eigenvalue weighted by molar-refractivity contribution is 5.80. The highest BCUT2D eigenvalue weighted by atomic mass is 19.4. The van der Waals surface area contributed by atoms with Crippen LogP contribution in [0.1, 0.15) is 37.8 Å². The number of hydrogen-bond donors (Lipinski definition) is 1. The van der Waals surface area contributed by atoms with Crippen molar-refractivity contribution in [2.45, 2.75) is 38.5 Å². The van der Waals surface area contributed by atoms with Crippen molar-refractivity contribution in [1.82, 2.24) is 0 Å². The van der Waals surface area contributed by atoms with Gasteiger partial charge in [0, 0.05) is 5.92 Å². The van der Waals surface area contributed by atoms with Gasteiger partial charge in [-0.2, -0.15) is 13.2 Å². The van der Waals surface area contributed by atoms with Crippen molar-refractivity contribution in [1.29, 1.82) is 0 Å². The van der Waals surface area contributed by atoms with Gasteiger partial charge in [-0.3, -0.25) is 0 Å². The zero-order chi connectivity index (χ0) is 15.6. The zero-order valence-corrected chi connectivity index (χ0v) is 11.5. The van der Waals surface area contributed by atoms with Crippen LogP contribution >= 0.6 is 0 Å². The fourth-order valence-electron chi connectivity index (χ4n) is 1.76. The van der Waals surface area contributed by atoms with Gasteiger partial charge in [0.25, 0.3) is 0 Å². The number of aliphatic hydroxyl groups is 1. The molecular weight excluding hydrogens is 273 g/mol. The SMILES string of the molecule is CCOC(=O)C(C)(O)C(C)c1cccc(C(F)(F)F)c1. The van der Waals surface area contributed by atoms with Gasteiger partial charge in [-0.1, -0.05) is 25.1 Å². The second kappa shape index (κ2) is 5.83. The molecule has 112 valence electrons. The number of ether oxygens (including phenoxy) is 1. The van der Waals surface area contributed by atoms with Crippen LogP contribution in [0.2, 0.25) is 0 Å². The van der Waals surface area contributed by atoms with E-state index in [-0.39, 0.29) is 12.2 Å². The molecule has 0 amide bonds. The fourth-order valence-corrected chi connectivity index (χ4v) is 1.76. The molecule has 1 rings (SSSR count). The summed E-state index contributed by atoms with van der Waals surface area (Å²) in [4.78, 5) is 11.7. The minimum absolute atomic E-state index is 0.0876. The van der Waals surface area contributed by atoms with E-state index in [0.717, 1.165) is 12.1 Å². The number of hydrogen-bond acceptors (Lipinski definition) is 3. The molecule has 0 spiro atoms. The minimum Gasteiger partial charge on any atom is -0.464 e. The Labute approximate surface area is 115 Å². The standard InChI is InChI=1S/C14H17F3O3/c1-4-20-12(18)13(3,19)9(2)10-6-5-7-11(8-10)14(15,16)17/h5-9,19H,4H2,1-3H3. The molecule has 0 aliphatic carbocycles. The van der Waals surface area contributed by atoms with Crippen LogP contribution in [0.4, 0.5) is 13.2 Å². The molecule has 3 nitrogen and oxygen atoms in total. The second-order valence-corrected chi connectivity index (χ2v) is 4.71. The summed E-state index contributed by atoms with van der Waals surface area (Å²) in [5, 5.41) is 10.2. The Bertz CT molecular complexity index is 481. The van der Waals surface area contributed by atoms with Crippen molar-refractivity contribution in [3.8, 4) is 0 Å². The average Bonchev–Trinajstić information content (AvgIpc) is 2.37. The molecule has 0 aliphatic rings. The molecule has 0 fully saturated rings. The third kappa shape index (κ3) is 3.50. The van der Waals surface area contributed by atoms with E-state index in [2.05, 4.69) is 0 Å². The molecule has 0 radical (unpaired) electrons. The Balaban J connectivity index is 3.09. The molecule has 2 atom stereocenters. The molecule has 20 heavy (non-hydrogen) atoms. The number of halogens is 3. The minimum atomic E-state index is -4.47. The van der Waals surface area contributed by atoms with Crippen LogP contribution in [-0.2, 0) is 15.7 Å². The van der Waals surface area contributed by atoms with Crippen LogP contribution in [0.3, 0.4) is 0 Å². The van der Waals surface area contributed by atoms with Crippen LogP contribution in [-0.4, -0.2) is 23.3 Å². The van der Waals surface area contributed by atoms with Gasteiger partial charge in [0.05, 0.1) is 12.2 Å². The lowest BCUT2D eigenvalue weighted by atomic mass is 9.84. The van der Waals surface area contributed by atoms with Gasteiger partial charge in [0.1, 0.15) is 0 Å². The van der Waals surface area contributed by atoms with E-state index in [1.165, 1.54) is 26.0 Å². The van der Waals surface area contributed by atoms with Gasteiger partial charge in [-0.25, -0.2) is 4.79 Å². The maximum Gasteiger partial charge on any atom is 0.416 e. The van der Waals surface area contributed by atoms with Gasteiger partial charge < -0.3 is 9.84 Å². The lowest BCUT2D eigenvalue weighted by molar-refractivity contribution is -0.165. The van der Waals surface area contributed by atoms with Crippen LogP contribution < -0.4 is 0 Å². The van der Waals surface area contributed by atoms with E-state index in [4.69, 9.17) is 4.74 Å². The number of carbonyl (C=O) groups is 1. The summed E-state index contributed by atoms with van der Waals surface area (Å²) in [5.41, 5.74) is -2.49. The molecule has 0 aliphatic heterocycles. The van der Waals surface area contributed by atoms with E-state index in [1.54, 1.807) is 6.92 Å². The van der Waals surface area contributed by atoms with Crippen molar-refractivity contribution in [2.75, 3.05) is 6.61 Å². The highest BCUT2D eigenvalue weighted by Gasteiger charge is 2.40. The topological polar surface area (TPSA) is 46.5 Å². The third-order valence-corrected chi connectivity index (χ3v) is 3.25. The van der Waals surface area contributed by atoms with E-state index in [1.807, 2.05) is 0 Å². The molecule has 1 N–H and O–H groups in total. The smallest absolute Gasteiger partial charge is 0.416 e. The van der Waals surface area contributed by atoms with Crippen molar-refractivity contribution < 1.29 is 27.8 Å². The van der Waals surface area contributed by atoms with Crippen molar-refractivity contribution >= 4 is 5.97 Å². The van der Waals surface area contributed by atoms with E-state index in [9.17, 15) is 23.1 Å². The summed E-state index contributed by atoms with van der Waals surface area (Å²) in [6, 6.07) is 4.55. The predicted molar refractivity (Wildman–Crippen MR) is 67.1 cm³/mol. The first-order valence-electron chi connectivity index (χ1n) is 6.17. The van der Waals surface area contributed by atoms with Crippen LogP contribution in [0.25, 0.3) is 0 Å². The van der Waals surface area contributed by atoms with Crippen LogP contribution in [0, 0.1) is 0 Å². The zero-order valence-electron chi connectivity index (χ0n) is 11.5. The van der Waals surface area contributed by atoms with Crippen molar-refractivity contribution in [3.63, 3.8) is 0 Å². The quantitative estimate of drug-likeness (QED) is 0.867. The first-order valence-corrected chi connectivity index (χ1v) is 6.17. The van der Waals surface area contributed by atoms with Gasteiger partial charge in [0.2, 0.25) is 0 Å². The molecular formula is C14H17F3O3. The average molecular weight is 290 g/mol. The Hall–Kier alpha value is -1.56. The van der Waals surface area contributed by atoms with Crippen LogP contribution in [0.5, 0.6) is 0 Å². The summed E-state index contributed by atoms with van der Waals surface area (Å²) in [5.74, 6) is -1.69. The Kier molecular flexibility index (Phi) is 4.81. The lowest BCUT2D eigenvalue weighted by Gasteiger charge is -2.28. The molecule has 0 heterocycles. The van der Waals surface area contributed by atoms with Crippen molar-refractivity contribution in [2.24, 2.45) is 0 Å². The highest BCUT2D eigenvalue weighted by Crippen LogP contribution is 2.34. The fraction of sp³-hybridized carbons (Fsp3) is 0.500. The monoisotopic (exact) mass is 290 g/mol. The molecule has 1 aromatic carbocycles. The molecule has 6 heteroatoms. The Morgan fingerprint density at radius 2 is 2.00 bits per heavy atom. The summed E-state index contributed by atoms with van der Waals surface area (Å²) >= 11 is 0. The number of carbonyl (C=O) groups excluding carboxylic acids is 1. The normalized spacial score (nSPS) is 16.4. The molecule has 0 aromatic heterocycles. The third-order valence-electron chi connectivity index (χ3n) is 3.25. The Morgan fingerprint density at radius 1 is 1.40 bits per heavy atom. The lowest BCUT2D eigenvalue weighted by Crippen LogP contribution is -2.41. The molecule has 1 aromatic rings. The van der Waals surface area contributed by atoms with Crippen LogP contribution in [0.15, 0.2) is 24.3 Å². The molecule has 0 saturated heterocycles. The maximum atomic E-state index is 12.7. The summed E-state index contributed by atoms with van der Waals surface area (Å²) in [7, 11) is 0. The predicted octanol–water partition coefficient (Wildman–Crippen LogP) is 3.12. The van der Waals surface area contributed by atoms with Gasteiger partial charge in [-0.15, -0.1) is 0 Å². The second-order valence-electron chi connectivity index (χ2n) is 4.71. The summed E-state index contributed by atoms with van der Waals surface area (Å²) in [6.07, 6.45) is -4.47. The first-order chi connectivity index (χ1) is 9.10. The number of rotatable bonds is 4. The van der Waals surface area contributed by atoms with E-state index >= 15 is 0 Å². The number of esters is 1. The number of alkyl halides is 3. The molecule has 0 saturated carbocycles. The van der Waals surface area contributed by atoms with Gasteiger partial charge in [-0.05, 0) is 25.5 Å². The van der Waals surface area contributed by atoms with Gasteiger partial charge >= 0.3 is 12.1 Å². The van der Waals surface area contributed by atoms with E-state index in [0.29, 0.717) is 0 Å². The first kappa shape index (κ1) is 16.5.